The Kier molecular flexibility index (Phi) is 5.49. The van der Waals surface area contributed by atoms with Crippen LogP contribution in [0.15, 0.2) is 102 Å². The number of rotatable bonds is 7. The monoisotopic (exact) mass is 497 g/mol. The number of para-hydroxylation sites is 1. The average molecular weight is 498 g/mol. The number of hydrogen-bond acceptors (Lipinski definition) is 6. The zero-order chi connectivity index (χ0) is 25.3. The maximum Gasteiger partial charge on any atom is 0.159 e. The number of furan rings is 1. The molecule has 0 fully saturated rings. The topological polar surface area (TPSA) is 108 Å². The Bertz CT molecular complexity index is 1850. The molecule has 0 amide bonds. The SMILES string of the molecule is c1ccc(CNCc2cncc(-c3cc4c(-c5nc6c(-c7ccoc7)cccc6[nH]5)n[nH]c4cn3)c2)cc1. The fourth-order valence-electron chi connectivity index (χ4n) is 4.72. The predicted molar refractivity (Wildman–Crippen MR) is 147 cm³/mol. The van der Waals surface area contributed by atoms with Gasteiger partial charge in [0.25, 0.3) is 0 Å². The minimum Gasteiger partial charge on any atom is -0.472 e. The first-order valence-corrected chi connectivity index (χ1v) is 12.4. The number of aromatic nitrogens is 6. The molecule has 184 valence electrons. The van der Waals surface area contributed by atoms with E-state index in [0.29, 0.717) is 12.4 Å². The van der Waals surface area contributed by atoms with Crippen molar-refractivity contribution in [3.05, 3.63) is 109 Å². The fourth-order valence-corrected chi connectivity index (χ4v) is 4.72. The maximum absolute atomic E-state index is 5.29. The Hall–Kier alpha value is -5.08. The molecule has 8 nitrogen and oxygen atoms in total. The van der Waals surface area contributed by atoms with Gasteiger partial charge in [-0.25, -0.2) is 4.98 Å². The largest absolute Gasteiger partial charge is 0.472 e. The van der Waals surface area contributed by atoms with Gasteiger partial charge in [0, 0.05) is 47.6 Å². The van der Waals surface area contributed by atoms with Crippen LogP contribution < -0.4 is 5.32 Å². The second kappa shape index (κ2) is 9.42. The van der Waals surface area contributed by atoms with E-state index in [1.54, 1.807) is 18.7 Å². The number of H-pyrrole nitrogens is 2. The lowest BCUT2D eigenvalue weighted by atomic mass is 10.1. The summed E-state index contributed by atoms with van der Waals surface area (Å²) >= 11 is 0. The zero-order valence-electron chi connectivity index (χ0n) is 20.3. The van der Waals surface area contributed by atoms with Crippen molar-refractivity contribution >= 4 is 21.9 Å². The summed E-state index contributed by atoms with van der Waals surface area (Å²) in [6.07, 6.45) is 8.93. The molecule has 0 spiro atoms. The molecule has 7 rings (SSSR count). The second-order valence-electron chi connectivity index (χ2n) is 9.16. The van der Waals surface area contributed by atoms with Crippen molar-refractivity contribution in [2.75, 3.05) is 0 Å². The third-order valence-corrected chi connectivity index (χ3v) is 6.61. The van der Waals surface area contributed by atoms with E-state index in [1.807, 2.05) is 48.8 Å². The van der Waals surface area contributed by atoms with Crippen molar-refractivity contribution in [1.82, 2.24) is 35.5 Å². The quantitative estimate of drug-likeness (QED) is 0.245. The first-order chi connectivity index (χ1) is 18.8. The molecule has 0 unspecified atom stereocenters. The van der Waals surface area contributed by atoms with Gasteiger partial charge in [0.05, 0.1) is 41.0 Å². The number of nitrogens with zero attached hydrogens (tertiary/aromatic N) is 4. The van der Waals surface area contributed by atoms with Crippen molar-refractivity contribution in [1.29, 1.82) is 0 Å². The van der Waals surface area contributed by atoms with Crippen molar-refractivity contribution in [2.24, 2.45) is 0 Å². The lowest BCUT2D eigenvalue weighted by molar-refractivity contribution is 0.568. The van der Waals surface area contributed by atoms with E-state index in [-0.39, 0.29) is 0 Å². The van der Waals surface area contributed by atoms with Crippen molar-refractivity contribution in [3.63, 3.8) is 0 Å². The minimum atomic E-state index is 0.691. The van der Waals surface area contributed by atoms with Crippen LogP contribution in [-0.2, 0) is 13.1 Å². The number of pyridine rings is 2. The molecule has 2 aromatic carbocycles. The molecule has 38 heavy (non-hydrogen) atoms. The summed E-state index contributed by atoms with van der Waals surface area (Å²) in [4.78, 5) is 17.5. The highest BCUT2D eigenvalue weighted by atomic mass is 16.3. The smallest absolute Gasteiger partial charge is 0.159 e. The molecule has 7 aromatic rings. The molecule has 0 saturated carbocycles. The van der Waals surface area contributed by atoms with Gasteiger partial charge in [0.15, 0.2) is 5.82 Å². The molecule has 0 aliphatic carbocycles. The molecule has 5 aromatic heterocycles. The van der Waals surface area contributed by atoms with Crippen LogP contribution in [0.25, 0.3) is 55.8 Å². The van der Waals surface area contributed by atoms with E-state index in [0.717, 1.165) is 62.1 Å². The zero-order valence-corrected chi connectivity index (χ0v) is 20.3. The van der Waals surface area contributed by atoms with E-state index in [9.17, 15) is 0 Å². The van der Waals surface area contributed by atoms with Crippen LogP contribution >= 0.6 is 0 Å². The number of nitrogens with one attached hydrogen (secondary N) is 3. The molecular formula is C30H23N7O. The minimum absolute atomic E-state index is 0.691. The van der Waals surface area contributed by atoms with E-state index >= 15 is 0 Å². The van der Waals surface area contributed by atoms with Gasteiger partial charge >= 0.3 is 0 Å². The third kappa shape index (κ3) is 4.12. The van der Waals surface area contributed by atoms with Gasteiger partial charge in [0.1, 0.15) is 5.69 Å². The number of benzene rings is 2. The van der Waals surface area contributed by atoms with Crippen molar-refractivity contribution in [2.45, 2.75) is 13.1 Å². The Balaban J connectivity index is 1.20. The second-order valence-corrected chi connectivity index (χ2v) is 9.16. The summed E-state index contributed by atoms with van der Waals surface area (Å²) in [7, 11) is 0. The first-order valence-electron chi connectivity index (χ1n) is 12.4. The number of fused-ring (bicyclic) bond motifs is 2. The molecule has 0 aliphatic rings. The third-order valence-electron chi connectivity index (χ3n) is 6.61. The van der Waals surface area contributed by atoms with Crippen LogP contribution in [0.3, 0.4) is 0 Å². The van der Waals surface area contributed by atoms with E-state index in [2.05, 4.69) is 60.8 Å². The van der Waals surface area contributed by atoms with Gasteiger partial charge in [-0.05, 0) is 35.4 Å². The van der Waals surface area contributed by atoms with Gasteiger partial charge in [-0.2, -0.15) is 5.10 Å². The highest BCUT2D eigenvalue weighted by Gasteiger charge is 2.16. The molecule has 3 N–H and O–H groups in total. The summed E-state index contributed by atoms with van der Waals surface area (Å²) in [5.41, 5.74) is 9.49. The standard InChI is InChI=1S/C30H23N7O/c1-2-5-19(6-3-1)13-31-14-20-11-22(16-32-15-20)26-12-24-27(17-33-26)36-37-29(24)30-34-25-8-4-7-23(28(25)35-30)21-9-10-38-18-21/h1-12,15-18,31H,13-14H2,(H,34,35)(H,36,37). The van der Waals surface area contributed by atoms with Gasteiger partial charge in [-0.3, -0.25) is 15.1 Å². The Morgan fingerprint density at radius 2 is 1.74 bits per heavy atom. The molecule has 5 heterocycles. The summed E-state index contributed by atoms with van der Waals surface area (Å²) in [5, 5.41) is 12.1. The van der Waals surface area contributed by atoms with Crippen LogP contribution in [0.4, 0.5) is 0 Å². The van der Waals surface area contributed by atoms with E-state index < -0.39 is 0 Å². The van der Waals surface area contributed by atoms with Gasteiger partial charge < -0.3 is 14.7 Å². The molecule has 8 heteroatoms. The van der Waals surface area contributed by atoms with Crippen LogP contribution in [0.1, 0.15) is 11.1 Å². The maximum atomic E-state index is 5.29. The first kappa shape index (κ1) is 22.1. The van der Waals surface area contributed by atoms with Crippen LogP contribution in [0.2, 0.25) is 0 Å². The normalized spacial score (nSPS) is 11.5. The lowest BCUT2D eigenvalue weighted by Gasteiger charge is -2.07. The van der Waals surface area contributed by atoms with Gasteiger partial charge in [-0.15, -0.1) is 0 Å². The van der Waals surface area contributed by atoms with Crippen molar-refractivity contribution in [3.8, 4) is 33.9 Å². The Morgan fingerprint density at radius 1 is 0.816 bits per heavy atom. The molecule has 0 bridgehead atoms. The molecule has 0 radical (unpaired) electrons. The van der Waals surface area contributed by atoms with E-state index in [1.165, 1.54) is 5.56 Å². The van der Waals surface area contributed by atoms with E-state index in [4.69, 9.17) is 9.40 Å². The lowest BCUT2D eigenvalue weighted by Crippen LogP contribution is -2.12. The van der Waals surface area contributed by atoms with Gasteiger partial charge in [0.2, 0.25) is 0 Å². The highest BCUT2D eigenvalue weighted by molar-refractivity contribution is 5.97. The number of aromatic amines is 2. The summed E-state index contributed by atoms with van der Waals surface area (Å²) in [6, 6.07) is 22.5. The number of hydrogen-bond donors (Lipinski definition) is 3. The molecule has 0 aliphatic heterocycles. The Labute approximate surface area is 217 Å². The van der Waals surface area contributed by atoms with Crippen LogP contribution in [0.5, 0.6) is 0 Å². The average Bonchev–Trinajstić information content (AvgIpc) is 3.73. The summed E-state index contributed by atoms with van der Waals surface area (Å²) < 4.78 is 5.29. The van der Waals surface area contributed by atoms with Crippen molar-refractivity contribution < 1.29 is 4.42 Å². The summed E-state index contributed by atoms with van der Waals surface area (Å²) in [5.74, 6) is 0.691. The fraction of sp³-hybridized carbons (Fsp3) is 0.0667. The molecular weight excluding hydrogens is 474 g/mol. The molecule has 0 saturated heterocycles. The van der Waals surface area contributed by atoms with Crippen LogP contribution in [0, 0.1) is 0 Å². The molecule has 0 atom stereocenters. The van der Waals surface area contributed by atoms with Gasteiger partial charge in [-0.1, -0.05) is 42.5 Å². The summed E-state index contributed by atoms with van der Waals surface area (Å²) in [6.45, 7) is 1.51. The van der Waals surface area contributed by atoms with Crippen LogP contribution in [-0.4, -0.2) is 30.1 Å². The Morgan fingerprint density at radius 3 is 2.63 bits per heavy atom. The predicted octanol–water partition coefficient (Wildman–Crippen LogP) is 6.11. The highest BCUT2D eigenvalue weighted by Crippen LogP contribution is 2.32. The number of imidazole rings is 1.